The third-order valence-electron chi connectivity index (χ3n) is 2.62. The summed E-state index contributed by atoms with van der Waals surface area (Å²) in [6.07, 6.45) is 3.91. The minimum atomic E-state index is 0.686. The second kappa shape index (κ2) is 5.55. The van der Waals surface area contributed by atoms with Crippen molar-refractivity contribution >= 4 is 15.9 Å². The maximum Gasteiger partial charge on any atom is 0.0180 e. The van der Waals surface area contributed by atoms with Crippen LogP contribution >= 0.6 is 15.9 Å². The standard InChI is InChI=1S/C13H19Br/c1-4-5-6-11(3)12-7-10(2)8-13(14)9-12/h7-9,11H,4-6H2,1-3H3. The Bertz CT molecular complexity index is 271. The molecule has 0 aliphatic heterocycles. The molecule has 1 aromatic rings. The highest BCUT2D eigenvalue weighted by atomic mass is 79.9. The lowest BCUT2D eigenvalue weighted by Crippen LogP contribution is -1.94. The monoisotopic (exact) mass is 254 g/mol. The van der Waals surface area contributed by atoms with Gasteiger partial charge in [-0.1, -0.05) is 48.7 Å². The second-order valence-electron chi connectivity index (χ2n) is 4.11. The fourth-order valence-electron chi connectivity index (χ4n) is 1.73. The highest BCUT2D eigenvalue weighted by molar-refractivity contribution is 9.10. The van der Waals surface area contributed by atoms with Gasteiger partial charge in [0.1, 0.15) is 0 Å². The Kier molecular flexibility index (Phi) is 4.67. The number of rotatable bonds is 4. The topological polar surface area (TPSA) is 0 Å². The van der Waals surface area contributed by atoms with Crippen LogP contribution in [0.3, 0.4) is 0 Å². The highest BCUT2D eigenvalue weighted by Crippen LogP contribution is 2.25. The fourth-order valence-corrected chi connectivity index (χ4v) is 2.35. The van der Waals surface area contributed by atoms with Crippen molar-refractivity contribution < 1.29 is 0 Å². The van der Waals surface area contributed by atoms with Gasteiger partial charge in [-0.3, -0.25) is 0 Å². The van der Waals surface area contributed by atoms with Crippen molar-refractivity contribution in [2.45, 2.75) is 46.0 Å². The molecule has 0 amide bonds. The van der Waals surface area contributed by atoms with Gasteiger partial charge in [-0.2, -0.15) is 0 Å². The Morgan fingerprint density at radius 1 is 1.29 bits per heavy atom. The first-order chi connectivity index (χ1) is 6.63. The smallest absolute Gasteiger partial charge is 0.0180 e. The summed E-state index contributed by atoms with van der Waals surface area (Å²) in [5.41, 5.74) is 2.81. The summed E-state index contributed by atoms with van der Waals surface area (Å²) in [6.45, 7) is 6.72. The Balaban J connectivity index is 2.73. The van der Waals surface area contributed by atoms with E-state index in [-0.39, 0.29) is 0 Å². The van der Waals surface area contributed by atoms with E-state index in [1.165, 1.54) is 34.9 Å². The number of halogens is 1. The lowest BCUT2D eigenvalue weighted by Gasteiger charge is -2.12. The van der Waals surface area contributed by atoms with E-state index in [2.05, 4.69) is 54.9 Å². The van der Waals surface area contributed by atoms with E-state index in [1.54, 1.807) is 0 Å². The van der Waals surface area contributed by atoms with E-state index in [0.717, 1.165) is 0 Å². The molecule has 0 saturated carbocycles. The fraction of sp³-hybridized carbons (Fsp3) is 0.538. The molecule has 78 valence electrons. The maximum absolute atomic E-state index is 3.55. The van der Waals surface area contributed by atoms with Crippen molar-refractivity contribution in [3.63, 3.8) is 0 Å². The van der Waals surface area contributed by atoms with Crippen molar-refractivity contribution in [1.29, 1.82) is 0 Å². The zero-order chi connectivity index (χ0) is 10.6. The summed E-state index contributed by atoms with van der Waals surface area (Å²) in [6, 6.07) is 6.70. The van der Waals surface area contributed by atoms with Crippen LogP contribution in [0.1, 0.15) is 50.2 Å². The average Bonchev–Trinajstić information content (AvgIpc) is 2.12. The normalized spacial score (nSPS) is 12.9. The molecule has 0 bridgehead atoms. The summed E-state index contributed by atoms with van der Waals surface area (Å²) in [4.78, 5) is 0. The van der Waals surface area contributed by atoms with Gasteiger partial charge in [-0.15, -0.1) is 0 Å². The zero-order valence-corrected chi connectivity index (χ0v) is 10.9. The minimum absolute atomic E-state index is 0.686. The molecule has 0 fully saturated rings. The molecule has 1 unspecified atom stereocenters. The van der Waals surface area contributed by atoms with Crippen LogP contribution in [0.25, 0.3) is 0 Å². The third-order valence-corrected chi connectivity index (χ3v) is 3.08. The van der Waals surface area contributed by atoms with Crippen molar-refractivity contribution in [1.82, 2.24) is 0 Å². The molecule has 0 aromatic heterocycles. The molecule has 0 N–H and O–H groups in total. The predicted molar refractivity (Wildman–Crippen MR) is 66.8 cm³/mol. The lowest BCUT2D eigenvalue weighted by molar-refractivity contribution is 0.624. The van der Waals surface area contributed by atoms with E-state index in [0.29, 0.717) is 5.92 Å². The Morgan fingerprint density at radius 2 is 2.00 bits per heavy atom. The molecule has 0 heterocycles. The summed E-state index contributed by atoms with van der Waals surface area (Å²) < 4.78 is 1.20. The first-order valence-electron chi connectivity index (χ1n) is 5.40. The quantitative estimate of drug-likeness (QED) is 0.706. The van der Waals surface area contributed by atoms with Gasteiger partial charge in [0.25, 0.3) is 0 Å². The average molecular weight is 255 g/mol. The minimum Gasteiger partial charge on any atom is -0.0654 e. The van der Waals surface area contributed by atoms with E-state index in [9.17, 15) is 0 Å². The first-order valence-corrected chi connectivity index (χ1v) is 6.20. The van der Waals surface area contributed by atoms with Crippen molar-refractivity contribution in [3.05, 3.63) is 33.8 Å². The Hall–Kier alpha value is -0.300. The summed E-state index contributed by atoms with van der Waals surface area (Å²) >= 11 is 3.55. The van der Waals surface area contributed by atoms with Gasteiger partial charge in [-0.25, -0.2) is 0 Å². The summed E-state index contributed by atoms with van der Waals surface area (Å²) in [7, 11) is 0. The Labute approximate surface area is 95.9 Å². The van der Waals surface area contributed by atoms with Crippen LogP contribution in [0.5, 0.6) is 0 Å². The van der Waals surface area contributed by atoms with Crippen LogP contribution in [0.2, 0.25) is 0 Å². The highest BCUT2D eigenvalue weighted by Gasteiger charge is 2.05. The maximum atomic E-state index is 3.55. The van der Waals surface area contributed by atoms with Crippen LogP contribution in [-0.2, 0) is 0 Å². The van der Waals surface area contributed by atoms with Crippen LogP contribution in [0.15, 0.2) is 22.7 Å². The zero-order valence-electron chi connectivity index (χ0n) is 9.31. The molecule has 1 aromatic carbocycles. The van der Waals surface area contributed by atoms with Crippen molar-refractivity contribution in [2.24, 2.45) is 0 Å². The van der Waals surface area contributed by atoms with Gasteiger partial charge < -0.3 is 0 Å². The van der Waals surface area contributed by atoms with Crippen molar-refractivity contribution in [2.75, 3.05) is 0 Å². The summed E-state index contributed by atoms with van der Waals surface area (Å²) in [5, 5.41) is 0. The molecule has 0 radical (unpaired) electrons. The van der Waals surface area contributed by atoms with E-state index in [1.807, 2.05) is 0 Å². The van der Waals surface area contributed by atoms with Gasteiger partial charge in [0.2, 0.25) is 0 Å². The first kappa shape index (κ1) is 11.8. The van der Waals surface area contributed by atoms with E-state index >= 15 is 0 Å². The van der Waals surface area contributed by atoms with Gasteiger partial charge in [-0.05, 0) is 42.5 Å². The van der Waals surface area contributed by atoms with E-state index < -0.39 is 0 Å². The molecular formula is C13H19Br. The molecular weight excluding hydrogens is 236 g/mol. The number of aryl methyl sites for hydroxylation is 1. The molecule has 1 heteroatoms. The summed E-state index contributed by atoms with van der Waals surface area (Å²) in [5.74, 6) is 0.686. The number of hydrogen-bond donors (Lipinski definition) is 0. The second-order valence-corrected chi connectivity index (χ2v) is 5.02. The molecule has 0 aliphatic rings. The van der Waals surface area contributed by atoms with Gasteiger partial charge in [0.05, 0.1) is 0 Å². The van der Waals surface area contributed by atoms with Gasteiger partial charge in [0.15, 0.2) is 0 Å². The molecule has 0 saturated heterocycles. The number of unbranched alkanes of at least 4 members (excludes halogenated alkanes) is 1. The van der Waals surface area contributed by atoms with Crippen LogP contribution in [0.4, 0.5) is 0 Å². The Morgan fingerprint density at radius 3 is 2.57 bits per heavy atom. The molecule has 14 heavy (non-hydrogen) atoms. The SMILES string of the molecule is CCCCC(C)c1cc(C)cc(Br)c1. The van der Waals surface area contributed by atoms with Crippen molar-refractivity contribution in [3.8, 4) is 0 Å². The lowest BCUT2D eigenvalue weighted by atomic mass is 9.94. The number of benzene rings is 1. The number of hydrogen-bond acceptors (Lipinski definition) is 0. The van der Waals surface area contributed by atoms with Gasteiger partial charge >= 0.3 is 0 Å². The third kappa shape index (κ3) is 3.45. The van der Waals surface area contributed by atoms with E-state index in [4.69, 9.17) is 0 Å². The molecule has 0 nitrogen and oxygen atoms in total. The molecule has 0 spiro atoms. The van der Waals surface area contributed by atoms with Crippen LogP contribution in [0, 0.1) is 6.92 Å². The van der Waals surface area contributed by atoms with Crippen LogP contribution in [-0.4, -0.2) is 0 Å². The largest absolute Gasteiger partial charge is 0.0654 e. The predicted octanol–water partition coefficient (Wildman–Crippen LogP) is 5.05. The van der Waals surface area contributed by atoms with Gasteiger partial charge in [0, 0.05) is 4.47 Å². The van der Waals surface area contributed by atoms with Crippen LogP contribution < -0.4 is 0 Å². The molecule has 1 atom stereocenters. The molecule has 0 aliphatic carbocycles. The molecule has 1 rings (SSSR count).